The van der Waals surface area contributed by atoms with E-state index in [1.807, 2.05) is 31.2 Å². The zero-order chi connectivity index (χ0) is 16.4. The van der Waals surface area contributed by atoms with Gasteiger partial charge in [0.1, 0.15) is 5.69 Å². The summed E-state index contributed by atoms with van der Waals surface area (Å²) in [6.07, 6.45) is -1.01. The quantitative estimate of drug-likeness (QED) is 0.924. The lowest BCUT2D eigenvalue weighted by atomic mass is 10.1. The third kappa shape index (κ3) is 3.24. The molecular weight excluding hydrogens is 300 g/mol. The van der Waals surface area contributed by atoms with Crippen LogP contribution < -0.4 is 0 Å². The van der Waals surface area contributed by atoms with E-state index >= 15 is 0 Å². The van der Waals surface area contributed by atoms with Gasteiger partial charge in [-0.05, 0) is 6.92 Å². The Morgan fingerprint density at radius 1 is 1.30 bits per heavy atom. The summed E-state index contributed by atoms with van der Waals surface area (Å²) < 4.78 is 10.2. The number of morpholine rings is 1. The van der Waals surface area contributed by atoms with Crippen molar-refractivity contribution in [2.75, 3.05) is 19.7 Å². The van der Waals surface area contributed by atoms with Crippen molar-refractivity contribution in [1.82, 2.24) is 10.1 Å². The molecule has 7 nitrogen and oxygen atoms in total. The fraction of sp³-hybridized carbons (Fsp3) is 0.312. The van der Waals surface area contributed by atoms with Crippen molar-refractivity contribution >= 4 is 11.9 Å². The Balaban J connectivity index is 1.75. The van der Waals surface area contributed by atoms with Crippen LogP contribution in [0.3, 0.4) is 0 Å². The van der Waals surface area contributed by atoms with Crippen LogP contribution in [0.1, 0.15) is 16.1 Å². The van der Waals surface area contributed by atoms with Crippen LogP contribution in [-0.2, 0) is 9.53 Å². The van der Waals surface area contributed by atoms with Gasteiger partial charge in [-0.1, -0.05) is 35.0 Å². The molecule has 23 heavy (non-hydrogen) atoms. The first-order chi connectivity index (χ1) is 11.0. The Hall–Kier alpha value is -2.67. The molecule has 1 unspecified atom stereocenters. The van der Waals surface area contributed by atoms with Crippen LogP contribution in [-0.4, -0.2) is 52.8 Å². The molecule has 2 aromatic rings. The van der Waals surface area contributed by atoms with Gasteiger partial charge in [0.05, 0.1) is 13.2 Å². The Kier molecular flexibility index (Phi) is 4.12. The van der Waals surface area contributed by atoms with Crippen LogP contribution in [0, 0.1) is 6.92 Å². The highest BCUT2D eigenvalue weighted by molar-refractivity contribution is 5.93. The minimum absolute atomic E-state index is 0.00523. The van der Waals surface area contributed by atoms with E-state index in [2.05, 4.69) is 5.16 Å². The molecule has 1 fully saturated rings. The molecule has 1 aromatic heterocycles. The minimum Gasteiger partial charge on any atom is -0.479 e. The maximum atomic E-state index is 12.4. The molecular formula is C16H16N2O5. The molecule has 0 bridgehead atoms. The predicted molar refractivity (Wildman–Crippen MR) is 80.0 cm³/mol. The SMILES string of the molecule is Cc1ccc(-c2cc(C(=O)N3CCOC(C(=O)O)C3)on2)cc1. The van der Waals surface area contributed by atoms with Crippen molar-refractivity contribution < 1.29 is 24.0 Å². The van der Waals surface area contributed by atoms with Crippen LogP contribution >= 0.6 is 0 Å². The van der Waals surface area contributed by atoms with Gasteiger partial charge in [0.15, 0.2) is 6.10 Å². The first-order valence-electron chi connectivity index (χ1n) is 7.22. The lowest BCUT2D eigenvalue weighted by molar-refractivity contribution is -0.154. The van der Waals surface area contributed by atoms with Crippen molar-refractivity contribution in [2.24, 2.45) is 0 Å². The van der Waals surface area contributed by atoms with Crippen molar-refractivity contribution in [1.29, 1.82) is 0 Å². The summed E-state index contributed by atoms with van der Waals surface area (Å²) in [5, 5.41) is 12.9. The Bertz CT molecular complexity index is 722. The molecule has 2 heterocycles. The number of carbonyl (C=O) groups is 2. The highest BCUT2D eigenvalue weighted by atomic mass is 16.5. The van der Waals surface area contributed by atoms with E-state index < -0.39 is 12.1 Å². The summed E-state index contributed by atoms with van der Waals surface area (Å²) in [6, 6.07) is 9.27. The van der Waals surface area contributed by atoms with E-state index in [9.17, 15) is 9.59 Å². The van der Waals surface area contributed by atoms with E-state index in [1.54, 1.807) is 6.07 Å². The molecule has 1 aromatic carbocycles. The zero-order valence-electron chi connectivity index (χ0n) is 12.6. The standard InChI is InChI=1S/C16H16N2O5/c1-10-2-4-11(5-3-10)12-8-13(23-17-12)15(19)18-6-7-22-14(9-18)16(20)21/h2-5,8,14H,6-7,9H2,1H3,(H,20,21). The second-order valence-corrected chi connectivity index (χ2v) is 5.39. The lowest BCUT2D eigenvalue weighted by Crippen LogP contribution is -2.48. The third-order valence-corrected chi connectivity index (χ3v) is 3.70. The summed E-state index contributed by atoms with van der Waals surface area (Å²) in [6.45, 7) is 2.48. The number of rotatable bonds is 3. The normalized spacial score (nSPS) is 18.0. The molecule has 1 N–H and O–H groups in total. The van der Waals surface area contributed by atoms with Gasteiger partial charge in [-0.15, -0.1) is 0 Å². The van der Waals surface area contributed by atoms with E-state index in [0.29, 0.717) is 12.2 Å². The monoisotopic (exact) mass is 316 g/mol. The molecule has 1 amide bonds. The fourth-order valence-corrected chi connectivity index (χ4v) is 2.38. The summed E-state index contributed by atoms with van der Waals surface area (Å²) in [4.78, 5) is 24.8. The van der Waals surface area contributed by atoms with Crippen LogP contribution in [0.25, 0.3) is 11.3 Å². The average molecular weight is 316 g/mol. The van der Waals surface area contributed by atoms with E-state index in [0.717, 1.165) is 11.1 Å². The van der Waals surface area contributed by atoms with E-state index in [-0.39, 0.29) is 24.8 Å². The molecule has 1 aliphatic rings. The second kappa shape index (κ2) is 6.21. The number of aliphatic carboxylic acids is 1. The summed E-state index contributed by atoms with van der Waals surface area (Å²) in [5.74, 6) is -1.38. The molecule has 1 atom stereocenters. The van der Waals surface area contributed by atoms with Crippen molar-refractivity contribution in [3.05, 3.63) is 41.7 Å². The predicted octanol–water partition coefficient (Wildman–Crippen LogP) is 1.58. The number of carboxylic acid groups (broad SMARTS) is 1. The van der Waals surface area contributed by atoms with Gasteiger partial charge in [0.25, 0.3) is 5.91 Å². The molecule has 0 spiro atoms. The number of carbonyl (C=O) groups excluding carboxylic acids is 1. The topological polar surface area (TPSA) is 92.9 Å². The Morgan fingerprint density at radius 2 is 2.04 bits per heavy atom. The maximum Gasteiger partial charge on any atom is 0.334 e. The largest absolute Gasteiger partial charge is 0.479 e. The van der Waals surface area contributed by atoms with Crippen molar-refractivity contribution in [2.45, 2.75) is 13.0 Å². The van der Waals surface area contributed by atoms with Crippen molar-refractivity contribution in [3.63, 3.8) is 0 Å². The molecule has 0 saturated carbocycles. The van der Waals surface area contributed by atoms with Gasteiger partial charge in [0, 0.05) is 18.2 Å². The van der Waals surface area contributed by atoms with Crippen LogP contribution in [0.5, 0.6) is 0 Å². The molecule has 7 heteroatoms. The number of amides is 1. The fourth-order valence-electron chi connectivity index (χ4n) is 2.38. The molecule has 1 saturated heterocycles. The Morgan fingerprint density at radius 3 is 2.74 bits per heavy atom. The number of carboxylic acids is 1. The average Bonchev–Trinajstić information content (AvgIpc) is 3.05. The highest BCUT2D eigenvalue weighted by Gasteiger charge is 2.31. The van der Waals surface area contributed by atoms with Gasteiger partial charge < -0.3 is 19.3 Å². The summed E-state index contributed by atoms with van der Waals surface area (Å²) in [5.41, 5.74) is 2.54. The number of ether oxygens (including phenoxy) is 1. The van der Waals surface area contributed by atoms with Crippen molar-refractivity contribution in [3.8, 4) is 11.3 Å². The third-order valence-electron chi connectivity index (χ3n) is 3.70. The van der Waals surface area contributed by atoms with Gasteiger partial charge in [-0.25, -0.2) is 4.79 Å². The van der Waals surface area contributed by atoms with E-state index in [1.165, 1.54) is 4.90 Å². The zero-order valence-corrected chi connectivity index (χ0v) is 12.6. The van der Waals surface area contributed by atoms with Gasteiger partial charge in [0.2, 0.25) is 5.76 Å². The van der Waals surface area contributed by atoms with Gasteiger partial charge in [-0.3, -0.25) is 4.79 Å². The first kappa shape index (κ1) is 15.2. The maximum absolute atomic E-state index is 12.4. The minimum atomic E-state index is -1.08. The molecule has 3 rings (SSSR count). The number of aromatic nitrogens is 1. The first-order valence-corrected chi connectivity index (χ1v) is 7.22. The molecule has 120 valence electrons. The smallest absolute Gasteiger partial charge is 0.334 e. The molecule has 0 aliphatic carbocycles. The van der Waals surface area contributed by atoms with Crippen LogP contribution in [0.15, 0.2) is 34.9 Å². The summed E-state index contributed by atoms with van der Waals surface area (Å²) in [7, 11) is 0. The molecule has 0 radical (unpaired) electrons. The number of benzene rings is 1. The Labute approximate surface area is 132 Å². The number of hydrogen-bond donors (Lipinski definition) is 1. The number of aryl methyl sites for hydroxylation is 1. The van der Waals surface area contributed by atoms with E-state index in [4.69, 9.17) is 14.4 Å². The van der Waals surface area contributed by atoms with Crippen LogP contribution in [0.4, 0.5) is 0 Å². The number of nitrogens with zero attached hydrogens (tertiary/aromatic N) is 2. The van der Waals surface area contributed by atoms with Crippen LogP contribution in [0.2, 0.25) is 0 Å². The van der Waals surface area contributed by atoms with Gasteiger partial charge in [-0.2, -0.15) is 0 Å². The highest BCUT2D eigenvalue weighted by Crippen LogP contribution is 2.21. The summed E-state index contributed by atoms with van der Waals surface area (Å²) >= 11 is 0. The molecule has 1 aliphatic heterocycles. The second-order valence-electron chi connectivity index (χ2n) is 5.39. The van der Waals surface area contributed by atoms with Gasteiger partial charge >= 0.3 is 5.97 Å². The number of hydrogen-bond acceptors (Lipinski definition) is 5. The lowest BCUT2D eigenvalue weighted by Gasteiger charge is -2.29.